The number of nitrogens with zero attached hydrogens (tertiary/aromatic N) is 2. The third kappa shape index (κ3) is 3.78. The predicted molar refractivity (Wildman–Crippen MR) is 105 cm³/mol. The molecule has 0 spiro atoms. The van der Waals surface area contributed by atoms with Crippen LogP contribution in [0.3, 0.4) is 0 Å². The van der Waals surface area contributed by atoms with Crippen LogP contribution in [0.1, 0.15) is 37.1 Å². The van der Waals surface area contributed by atoms with Crippen molar-refractivity contribution in [2.24, 2.45) is 0 Å². The highest BCUT2D eigenvalue weighted by molar-refractivity contribution is 7.14. The van der Waals surface area contributed by atoms with Gasteiger partial charge in [-0.15, -0.1) is 11.3 Å². The van der Waals surface area contributed by atoms with E-state index in [1.54, 1.807) is 22.7 Å². The lowest BCUT2D eigenvalue weighted by molar-refractivity contribution is 0.246. The third-order valence-electron chi connectivity index (χ3n) is 4.62. The molecule has 1 unspecified atom stereocenters. The number of rotatable bonds is 6. The van der Waals surface area contributed by atoms with Crippen LogP contribution >= 0.6 is 22.7 Å². The molecule has 0 amide bonds. The lowest BCUT2D eigenvalue weighted by atomic mass is 10.0. The molecule has 5 heteroatoms. The Hall–Kier alpha value is -1.69. The summed E-state index contributed by atoms with van der Waals surface area (Å²) < 4.78 is 5.56. The first-order valence-corrected chi connectivity index (χ1v) is 10.6. The summed E-state index contributed by atoms with van der Waals surface area (Å²) >= 11 is 3.47. The van der Waals surface area contributed by atoms with Crippen LogP contribution in [0.25, 0.3) is 10.6 Å². The number of hydrogen-bond donors (Lipinski definition) is 0. The topological polar surface area (TPSA) is 25.4 Å². The van der Waals surface area contributed by atoms with Crippen molar-refractivity contribution in [2.75, 3.05) is 13.2 Å². The van der Waals surface area contributed by atoms with Crippen LogP contribution in [-0.2, 0) is 6.54 Å². The van der Waals surface area contributed by atoms with Gasteiger partial charge in [0.05, 0.1) is 12.3 Å². The Morgan fingerprint density at radius 1 is 1.20 bits per heavy atom. The Morgan fingerprint density at radius 2 is 2.08 bits per heavy atom. The molecule has 4 rings (SSSR count). The van der Waals surface area contributed by atoms with E-state index in [4.69, 9.17) is 9.72 Å². The van der Waals surface area contributed by atoms with Gasteiger partial charge in [0.15, 0.2) is 0 Å². The molecule has 0 saturated carbocycles. The summed E-state index contributed by atoms with van der Waals surface area (Å²) in [6, 6.07) is 11.2. The molecule has 0 bridgehead atoms. The molecule has 130 valence electrons. The smallest absolute Gasteiger partial charge is 0.124 e. The first-order valence-electron chi connectivity index (χ1n) is 8.77. The highest BCUT2D eigenvalue weighted by Gasteiger charge is 2.26. The molecule has 2 aromatic heterocycles. The van der Waals surface area contributed by atoms with Crippen molar-refractivity contribution in [1.29, 1.82) is 0 Å². The number of ether oxygens (including phenoxy) is 1. The average Bonchev–Trinajstić information content (AvgIpc) is 3.38. The summed E-state index contributed by atoms with van der Waals surface area (Å²) in [5, 5.41) is 7.62. The van der Waals surface area contributed by atoms with Crippen LogP contribution in [0, 0.1) is 0 Å². The van der Waals surface area contributed by atoms with Gasteiger partial charge in [0.2, 0.25) is 0 Å². The van der Waals surface area contributed by atoms with Crippen LogP contribution < -0.4 is 4.74 Å². The molecule has 0 N–H and O–H groups in total. The Labute approximate surface area is 156 Å². The van der Waals surface area contributed by atoms with E-state index in [1.165, 1.54) is 29.7 Å². The van der Waals surface area contributed by atoms with E-state index >= 15 is 0 Å². The lowest BCUT2D eigenvalue weighted by Gasteiger charge is -2.24. The van der Waals surface area contributed by atoms with Crippen molar-refractivity contribution in [1.82, 2.24) is 9.88 Å². The zero-order chi connectivity index (χ0) is 17.1. The van der Waals surface area contributed by atoms with Gasteiger partial charge in [0.1, 0.15) is 10.8 Å². The summed E-state index contributed by atoms with van der Waals surface area (Å²) in [6.45, 7) is 4.80. The van der Waals surface area contributed by atoms with Gasteiger partial charge in [-0.05, 0) is 55.5 Å². The van der Waals surface area contributed by atoms with E-state index in [9.17, 15) is 0 Å². The monoisotopic (exact) mass is 370 g/mol. The SMILES string of the molecule is CCOc1ccc(C2CCCN2Cc2csc(-c3ccsc3)n2)cc1. The van der Waals surface area contributed by atoms with E-state index in [1.807, 2.05) is 6.92 Å². The molecule has 0 radical (unpaired) electrons. The molecule has 1 saturated heterocycles. The second kappa shape index (κ2) is 7.68. The summed E-state index contributed by atoms with van der Waals surface area (Å²) in [5.41, 5.74) is 3.81. The van der Waals surface area contributed by atoms with Crippen LogP contribution in [-0.4, -0.2) is 23.0 Å². The van der Waals surface area contributed by atoms with Gasteiger partial charge in [-0.25, -0.2) is 4.98 Å². The second-order valence-corrected chi connectivity index (χ2v) is 7.92. The van der Waals surface area contributed by atoms with Gasteiger partial charge in [0.25, 0.3) is 0 Å². The minimum atomic E-state index is 0.488. The van der Waals surface area contributed by atoms with E-state index < -0.39 is 0 Å². The fourth-order valence-electron chi connectivity index (χ4n) is 3.45. The second-order valence-electron chi connectivity index (χ2n) is 6.29. The predicted octanol–water partition coefficient (Wildman–Crippen LogP) is 5.61. The maximum absolute atomic E-state index is 5.56. The lowest BCUT2D eigenvalue weighted by Crippen LogP contribution is -2.22. The van der Waals surface area contributed by atoms with Crippen molar-refractivity contribution < 1.29 is 4.74 Å². The molecule has 0 aliphatic carbocycles. The fourth-order valence-corrected chi connectivity index (χ4v) is 4.98. The molecule has 1 aromatic carbocycles. The van der Waals surface area contributed by atoms with Crippen molar-refractivity contribution in [3.05, 3.63) is 57.7 Å². The average molecular weight is 371 g/mol. The van der Waals surface area contributed by atoms with Crippen LogP contribution in [0.5, 0.6) is 5.75 Å². The molecule has 3 heterocycles. The molecule has 25 heavy (non-hydrogen) atoms. The molecular formula is C20H22N2OS2. The summed E-state index contributed by atoms with van der Waals surface area (Å²) in [6.07, 6.45) is 2.47. The quantitative estimate of drug-likeness (QED) is 0.564. The Kier molecular flexibility index (Phi) is 5.15. The summed E-state index contributed by atoms with van der Waals surface area (Å²) in [5.74, 6) is 0.954. The van der Waals surface area contributed by atoms with E-state index in [-0.39, 0.29) is 0 Å². The number of likely N-dealkylation sites (tertiary alicyclic amines) is 1. The molecular weight excluding hydrogens is 348 g/mol. The first kappa shape index (κ1) is 16.8. The molecule has 1 atom stereocenters. The number of thiazole rings is 1. The van der Waals surface area contributed by atoms with E-state index in [0.29, 0.717) is 12.6 Å². The van der Waals surface area contributed by atoms with Gasteiger partial charge >= 0.3 is 0 Å². The standard InChI is InChI=1S/C20H22N2OS2/c1-2-23-18-7-5-15(6-8-18)19-4-3-10-22(19)12-17-14-25-20(21-17)16-9-11-24-13-16/h5-9,11,13-14,19H,2-4,10,12H2,1H3. The third-order valence-corrected chi connectivity index (χ3v) is 6.25. The minimum absolute atomic E-state index is 0.488. The number of benzene rings is 1. The van der Waals surface area contributed by atoms with Crippen LogP contribution in [0.2, 0.25) is 0 Å². The minimum Gasteiger partial charge on any atom is -0.494 e. The number of hydrogen-bond acceptors (Lipinski definition) is 5. The molecule has 1 fully saturated rings. The molecule has 3 aromatic rings. The summed E-state index contributed by atoms with van der Waals surface area (Å²) in [4.78, 5) is 7.40. The van der Waals surface area contributed by atoms with Crippen LogP contribution in [0.15, 0.2) is 46.5 Å². The molecule has 3 nitrogen and oxygen atoms in total. The Balaban J connectivity index is 1.46. The van der Waals surface area contributed by atoms with Gasteiger partial charge in [-0.2, -0.15) is 11.3 Å². The fraction of sp³-hybridized carbons (Fsp3) is 0.350. The highest BCUT2D eigenvalue weighted by Crippen LogP contribution is 2.34. The normalized spacial score (nSPS) is 17.9. The Bertz CT molecular complexity index is 795. The Morgan fingerprint density at radius 3 is 2.84 bits per heavy atom. The van der Waals surface area contributed by atoms with E-state index in [0.717, 1.165) is 23.8 Å². The van der Waals surface area contributed by atoms with Gasteiger partial charge in [-0.3, -0.25) is 4.90 Å². The van der Waals surface area contributed by atoms with Crippen molar-refractivity contribution >= 4 is 22.7 Å². The molecule has 1 aliphatic rings. The largest absolute Gasteiger partial charge is 0.494 e. The molecule has 1 aliphatic heterocycles. The van der Waals surface area contributed by atoms with Gasteiger partial charge in [-0.1, -0.05) is 12.1 Å². The van der Waals surface area contributed by atoms with Crippen molar-refractivity contribution in [3.8, 4) is 16.3 Å². The zero-order valence-electron chi connectivity index (χ0n) is 14.4. The number of aromatic nitrogens is 1. The van der Waals surface area contributed by atoms with Crippen LogP contribution in [0.4, 0.5) is 0 Å². The van der Waals surface area contributed by atoms with Crippen molar-refractivity contribution in [3.63, 3.8) is 0 Å². The number of thiophene rings is 1. The summed E-state index contributed by atoms with van der Waals surface area (Å²) in [7, 11) is 0. The van der Waals surface area contributed by atoms with Gasteiger partial charge < -0.3 is 4.74 Å². The van der Waals surface area contributed by atoms with Gasteiger partial charge in [0, 0.05) is 28.9 Å². The van der Waals surface area contributed by atoms with E-state index in [2.05, 4.69) is 51.4 Å². The maximum Gasteiger partial charge on any atom is 0.124 e. The highest BCUT2D eigenvalue weighted by atomic mass is 32.1. The zero-order valence-corrected chi connectivity index (χ0v) is 16.0. The maximum atomic E-state index is 5.56. The first-order chi connectivity index (χ1) is 12.3. The van der Waals surface area contributed by atoms with Crippen molar-refractivity contribution in [2.45, 2.75) is 32.4 Å².